The van der Waals surface area contributed by atoms with Crippen LogP contribution in [0, 0.1) is 6.92 Å². The van der Waals surface area contributed by atoms with Gasteiger partial charge in [0.2, 0.25) is 10.0 Å². The Morgan fingerprint density at radius 1 is 1.60 bits per heavy atom. The Hall–Kier alpha value is -0.510. The fourth-order valence-electron chi connectivity index (χ4n) is 2.22. The Labute approximate surface area is 122 Å². The van der Waals surface area contributed by atoms with Crippen LogP contribution in [0.1, 0.15) is 16.9 Å². The molecule has 114 valence electrons. The predicted octanol–water partition coefficient (Wildman–Crippen LogP) is 0.633. The molecule has 1 saturated heterocycles. The van der Waals surface area contributed by atoms with Gasteiger partial charge >= 0.3 is 0 Å². The molecule has 0 saturated carbocycles. The van der Waals surface area contributed by atoms with Crippen molar-refractivity contribution >= 4 is 21.4 Å². The fourth-order valence-corrected chi connectivity index (χ4v) is 4.99. The van der Waals surface area contributed by atoms with Crippen molar-refractivity contribution in [2.75, 3.05) is 26.9 Å². The van der Waals surface area contributed by atoms with E-state index in [9.17, 15) is 13.5 Å². The zero-order chi connectivity index (χ0) is 14.8. The van der Waals surface area contributed by atoms with Gasteiger partial charge in [-0.2, -0.15) is 0 Å². The number of aliphatic hydroxyl groups is 1. The highest BCUT2D eigenvalue weighted by atomic mass is 32.2. The van der Waals surface area contributed by atoms with E-state index in [0.29, 0.717) is 30.1 Å². The molecule has 0 spiro atoms. The molecule has 8 heteroatoms. The lowest BCUT2D eigenvalue weighted by Gasteiger charge is -2.25. The summed E-state index contributed by atoms with van der Waals surface area (Å²) >= 11 is 1.24. The van der Waals surface area contributed by atoms with E-state index in [1.54, 1.807) is 19.4 Å². The molecule has 1 fully saturated rings. The third-order valence-electron chi connectivity index (χ3n) is 3.49. The van der Waals surface area contributed by atoms with Crippen LogP contribution in [0.3, 0.4) is 0 Å². The summed E-state index contributed by atoms with van der Waals surface area (Å²) < 4.78 is 38.0. The largest absolute Gasteiger partial charge is 0.391 e. The van der Waals surface area contributed by atoms with Gasteiger partial charge in [0.1, 0.15) is 10.5 Å². The van der Waals surface area contributed by atoms with Crippen LogP contribution in [-0.2, 0) is 26.1 Å². The molecule has 0 amide bonds. The summed E-state index contributed by atoms with van der Waals surface area (Å²) in [6.07, 6.45) is 0.654. The molecule has 1 aliphatic heterocycles. The monoisotopic (exact) mass is 321 g/mol. The van der Waals surface area contributed by atoms with E-state index >= 15 is 0 Å². The number of ether oxygens (including phenoxy) is 2. The molecule has 1 aliphatic rings. The van der Waals surface area contributed by atoms with Gasteiger partial charge in [-0.1, -0.05) is 0 Å². The standard InChI is InChI=1S/C12H19NO5S2/c1-9-6-19-10(5-14)11(9)20(15,16)13-7-12(17-2)3-4-18-8-12/h6,13-14H,3-5,7-8H2,1-2H3. The first-order chi connectivity index (χ1) is 9.44. The molecule has 2 N–H and O–H groups in total. The van der Waals surface area contributed by atoms with Crippen LogP contribution in [-0.4, -0.2) is 46.0 Å². The van der Waals surface area contributed by atoms with Gasteiger partial charge in [0, 0.05) is 26.7 Å². The minimum Gasteiger partial charge on any atom is -0.391 e. The van der Waals surface area contributed by atoms with E-state index in [0.717, 1.165) is 0 Å². The number of rotatable bonds is 6. The van der Waals surface area contributed by atoms with Gasteiger partial charge in [-0.25, -0.2) is 13.1 Å². The normalized spacial score (nSPS) is 23.4. The van der Waals surface area contributed by atoms with Crippen molar-refractivity contribution in [1.82, 2.24) is 4.72 Å². The van der Waals surface area contributed by atoms with E-state index in [1.807, 2.05) is 0 Å². The Bertz CT molecular complexity index is 560. The minimum absolute atomic E-state index is 0.159. The van der Waals surface area contributed by atoms with Crippen LogP contribution < -0.4 is 4.72 Å². The quantitative estimate of drug-likeness (QED) is 0.803. The highest BCUT2D eigenvalue weighted by molar-refractivity contribution is 7.89. The number of nitrogens with one attached hydrogen (secondary N) is 1. The number of thiophene rings is 1. The molecule has 20 heavy (non-hydrogen) atoms. The maximum atomic E-state index is 12.4. The van der Waals surface area contributed by atoms with Gasteiger partial charge in [0.15, 0.2) is 0 Å². The van der Waals surface area contributed by atoms with E-state index in [4.69, 9.17) is 9.47 Å². The molecule has 2 rings (SSSR count). The molecule has 1 atom stereocenters. The third kappa shape index (κ3) is 3.05. The van der Waals surface area contributed by atoms with Crippen molar-refractivity contribution in [2.45, 2.75) is 30.4 Å². The number of aliphatic hydroxyl groups excluding tert-OH is 1. The van der Waals surface area contributed by atoms with E-state index in [-0.39, 0.29) is 18.0 Å². The van der Waals surface area contributed by atoms with E-state index in [2.05, 4.69) is 4.72 Å². The minimum atomic E-state index is -3.66. The maximum Gasteiger partial charge on any atom is 0.242 e. The van der Waals surface area contributed by atoms with Gasteiger partial charge in [0.25, 0.3) is 0 Å². The van der Waals surface area contributed by atoms with Crippen molar-refractivity contribution in [1.29, 1.82) is 0 Å². The summed E-state index contributed by atoms with van der Waals surface area (Å²) in [4.78, 5) is 0.624. The van der Waals surface area contributed by atoms with Gasteiger partial charge < -0.3 is 14.6 Å². The summed E-state index contributed by atoms with van der Waals surface area (Å²) in [5.41, 5.74) is 0.0387. The molecular formula is C12H19NO5S2. The second-order valence-corrected chi connectivity index (χ2v) is 7.51. The molecule has 1 aromatic rings. The maximum absolute atomic E-state index is 12.4. The van der Waals surface area contributed by atoms with E-state index in [1.165, 1.54) is 11.3 Å². The molecule has 1 aromatic heterocycles. The summed E-state index contributed by atoms with van der Waals surface area (Å²) in [5.74, 6) is 0. The van der Waals surface area contributed by atoms with Crippen molar-refractivity contribution in [2.24, 2.45) is 0 Å². The van der Waals surface area contributed by atoms with Gasteiger partial charge in [0.05, 0.1) is 18.1 Å². The van der Waals surface area contributed by atoms with Crippen LogP contribution in [0.2, 0.25) is 0 Å². The molecule has 6 nitrogen and oxygen atoms in total. The number of hydrogen-bond donors (Lipinski definition) is 2. The molecule has 1 unspecified atom stereocenters. The Morgan fingerprint density at radius 3 is 2.90 bits per heavy atom. The SMILES string of the molecule is COC1(CNS(=O)(=O)c2c(C)csc2CO)CCOC1. The fraction of sp³-hybridized carbons (Fsp3) is 0.667. The number of sulfonamides is 1. The van der Waals surface area contributed by atoms with Crippen molar-refractivity contribution in [3.8, 4) is 0 Å². The van der Waals surface area contributed by atoms with Crippen molar-refractivity contribution < 1.29 is 23.0 Å². The van der Waals surface area contributed by atoms with Crippen LogP contribution in [0.5, 0.6) is 0 Å². The first-order valence-corrected chi connectivity index (χ1v) is 8.61. The van der Waals surface area contributed by atoms with Crippen LogP contribution in [0.25, 0.3) is 0 Å². The zero-order valence-electron chi connectivity index (χ0n) is 11.5. The lowest BCUT2D eigenvalue weighted by molar-refractivity contribution is -0.0120. The lowest BCUT2D eigenvalue weighted by atomic mass is 10.0. The molecule has 0 aromatic carbocycles. The number of aryl methyl sites for hydroxylation is 1. The van der Waals surface area contributed by atoms with Crippen molar-refractivity contribution in [3.63, 3.8) is 0 Å². The molecular weight excluding hydrogens is 302 g/mol. The summed E-state index contributed by atoms with van der Waals surface area (Å²) in [6, 6.07) is 0. The highest BCUT2D eigenvalue weighted by Gasteiger charge is 2.36. The summed E-state index contributed by atoms with van der Waals surface area (Å²) in [5, 5.41) is 11.0. The topological polar surface area (TPSA) is 84.9 Å². The van der Waals surface area contributed by atoms with Crippen molar-refractivity contribution in [3.05, 3.63) is 15.8 Å². The molecule has 0 aliphatic carbocycles. The first kappa shape index (κ1) is 15.9. The average Bonchev–Trinajstić information content (AvgIpc) is 3.04. The van der Waals surface area contributed by atoms with Gasteiger partial charge in [-0.3, -0.25) is 0 Å². The number of hydrogen-bond acceptors (Lipinski definition) is 6. The molecule has 2 heterocycles. The molecule has 0 bridgehead atoms. The van der Waals surface area contributed by atoms with Gasteiger partial charge in [-0.15, -0.1) is 11.3 Å². The van der Waals surface area contributed by atoms with Gasteiger partial charge in [-0.05, 0) is 17.9 Å². The zero-order valence-corrected chi connectivity index (χ0v) is 13.1. The average molecular weight is 321 g/mol. The molecule has 0 radical (unpaired) electrons. The summed E-state index contributed by atoms with van der Waals surface area (Å²) in [7, 11) is -2.11. The van der Waals surface area contributed by atoms with Crippen LogP contribution in [0.4, 0.5) is 0 Å². The second kappa shape index (κ2) is 6.08. The Balaban J connectivity index is 2.17. The number of methoxy groups -OCH3 is 1. The lowest BCUT2D eigenvalue weighted by Crippen LogP contribution is -2.45. The Morgan fingerprint density at radius 2 is 2.35 bits per heavy atom. The third-order valence-corrected chi connectivity index (χ3v) is 6.33. The smallest absolute Gasteiger partial charge is 0.242 e. The Kier molecular flexibility index (Phi) is 4.83. The highest BCUT2D eigenvalue weighted by Crippen LogP contribution is 2.28. The predicted molar refractivity (Wildman–Crippen MR) is 75.3 cm³/mol. The second-order valence-electron chi connectivity index (χ2n) is 4.84. The van der Waals surface area contributed by atoms with E-state index < -0.39 is 15.6 Å². The summed E-state index contributed by atoms with van der Waals surface area (Å²) in [6.45, 7) is 2.53. The first-order valence-electron chi connectivity index (χ1n) is 6.24. The van der Waals surface area contributed by atoms with Crippen LogP contribution in [0.15, 0.2) is 10.3 Å². The van der Waals surface area contributed by atoms with Crippen LogP contribution >= 0.6 is 11.3 Å².